The van der Waals surface area contributed by atoms with E-state index in [1.807, 2.05) is 42.6 Å². The lowest BCUT2D eigenvalue weighted by atomic mass is 9.76. The molecule has 0 amide bonds. The molecule has 0 saturated heterocycles. The molecule has 4 heteroatoms. The standard InChI is InChI=1S/C64H61N3O/c1-64(2,3)54-40-52(39-53(41-54)58-42-51(35-36-65-58)49-32-30-48(31-33-49)47-28-26-46(27-29-47)45-17-6-4-7-18-45)55-22-14-23-60-62(55)66-63(56-21-12-13-24-61(56)68)67(60)59-34-25-44(37-43-15-10-11-16-43)38-57(59)50-19-8-5-9-20-50/h4-9,12-14,17-25,30-36,38-43,46-47,68H,10-11,15-16,26-29,37H2,1-3H3/i46D,47D. The summed E-state index contributed by atoms with van der Waals surface area (Å²) in [5, 5.41) is 11.5. The van der Waals surface area contributed by atoms with Crippen molar-refractivity contribution in [2.75, 3.05) is 0 Å². The molecule has 2 heterocycles. The minimum Gasteiger partial charge on any atom is -0.507 e. The second kappa shape index (κ2) is 18.6. The van der Waals surface area contributed by atoms with Crippen LogP contribution in [0.5, 0.6) is 5.75 Å². The number of fused-ring (bicyclic) bond motifs is 1. The van der Waals surface area contributed by atoms with Gasteiger partial charge < -0.3 is 5.11 Å². The van der Waals surface area contributed by atoms with Gasteiger partial charge in [0.1, 0.15) is 11.6 Å². The molecule has 2 aliphatic carbocycles. The number of phenolic OH excluding ortho intramolecular Hbond substituents is 1. The molecule has 4 nitrogen and oxygen atoms in total. The predicted molar refractivity (Wildman–Crippen MR) is 282 cm³/mol. The van der Waals surface area contributed by atoms with E-state index >= 15 is 0 Å². The van der Waals surface area contributed by atoms with E-state index in [1.165, 1.54) is 36.8 Å². The number of nitrogens with zero attached hydrogens (tertiary/aromatic N) is 3. The third-order valence-electron chi connectivity index (χ3n) is 14.6. The average molecular weight is 890 g/mol. The predicted octanol–water partition coefficient (Wildman–Crippen LogP) is 16.9. The van der Waals surface area contributed by atoms with Crippen LogP contribution in [0.2, 0.25) is 0 Å². The quantitative estimate of drug-likeness (QED) is 0.149. The highest BCUT2D eigenvalue weighted by Gasteiger charge is 2.26. The molecule has 338 valence electrons. The van der Waals surface area contributed by atoms with Crippen molar-refractivity contribution in [2.45, 2.75) is 95.8 Å². The van der Waals surface area contributed by atoms with Crippen molar-refractivity contribution in [1.29, 1.82) is 0 Å². The van der Waals surface area contributed by atoms with Gasteiger partial charge in [-0.1, -0.05) is 168 Å². The molecule has 0 atom stereocenters. The lowest BCUT2D eigenvalue weighted by Gasteiger charge is -2.29. The minimum atomic E-state index is -0.713. The molecule has 0 unspecified atom stereocenters. The topological polar surface area (TPSA) is 50.9 Å². The van der Waals surface area contributed by atoms with Crippen molar-refractivity contribution in [1.82, 2.24) is 14.5 Å². The maximum absolute atomic E-state index is 11.5. The molecule has 11 rings (SSSR count). The fourth-order valence-corrected chi connectivity index (χ4v) is 10.9. The number of pyridine rings is 1. The van der Waals surface area contributed by atoms with Crippen LogP contribution in [-0.2, 0) is 11.8 Å². The van der Waals surface area contributed by atoms with E-state index in [4.69, 9.17) is 9.97 Å². The van der Waals surface area contributed by atoms with Crippen LogP contribution in [-0.4, -0.2) is 19.6 Å². The highest BCUT2D eigenvalue weighted by Crippen LogP contribution is 2.44. The second-order valence-corrected chi connectivity index (χ2v) is 20.2. The monoisotopic (exact) mass is 889 g/mol. The van der Waals surface area contributed by atoms with E-state index in [2.05, 4.69) is 159 Å². The molecule has 7 aromatic carbocycles. The number of aromatic hydroxyl groups is 1. The summed E-state index contributed by atoms with van der Waals surface area (Å²) in [6.45, 7) is 6.77. The van der Waals surface area contributed by atoms with Crippen molar-refractivity contribution in [3.8, 4) is 67.5 Å². The van der Waals surface area contributed by atoms with Crippen molar-refractivity contribution in [3.05, 3.63) is 204 Å². The Labute approximate surface area is 405 Å². The third-order valence-corrected chi connectivity index (χ3v) is 14.6. The van der Waals surface area contributed by atoms with Crippen LogP contribution >= 0.6 is 0 Å². The molecule has 2 fully saturated rings. The van der Waals surface area contributed by atoms with E-state index in [-0.39, 0.29) is 11.2 Å². The Bertz CT molecular complexity index is 3320. The van der Waals surface area contributed by atoms with E-state index in [0.717, 1.165) is 84.8 Å². The summed E-state index contributed by atoms with van der Waals surface area (Å²) in [5.74, 6) is 0.238. The molecule has 68 heavy (non-hydrogen) atoms. The van der Waals surface area contributed by atoms with E-state index in [0.29, 0.717) is 37.1 Å². The van der Waals surface area contributed by atoms with Gasteiger partial charge in [0.2, 0.25) is 0 Å². The van der Waals surface area contributed by atoms with Crippen molar-refractivity contribution in [3.63, 3.8) is 0 Å². The molecule has 1 N–H and O–H groups in total. The van der Waals surface area contributed by atoms with E-state index in [1.54, 1.807) is 6.07 Å². The molecule has 0 radical (unpaired) electrons. The molecule has 2 aromatic heterocycles. The van der Waals surface area contributed by atoms with Gasteiger partial charge in [0.15, 0.2) is 0 Å². The van der Waals surface area contributed by atoms with Crippen LogP contribution in [0.1, 0.15) is 109 Å². The first-order valence-corrected chi connectivity index (χ1v) is 24.7. The van der Waals surface area contributed by atoms with Gasteiger partial charge in [-0.15, -0.1) is 0 Å². The first-order valence-electron chi connectivity index (χ1n) is 25.7. The van der Waals surface area contributed by atoms with Gasteiger partial charge in [-0.3, -0.25) is 9.55 Å². The van der Waals surface area contributed by atoms with Crippen molar-refractivity contribution < 1.29 is 7.85 Å². The Morgan fingerprint density at radius 2 is 1.22 bits per heavy atom. The SMILES string of the molecule is [2H]C1(c2ccccc2)CCC([2H])(c2ccc(-c3ccnc(-c4cc(-c5cccc6c5nc(-c5ccccc5O)n6-c5ccc(CC6CCCC6)cc5-c5ccccc5)cc(C(C)(C)C)c4)c3)cc2)CC1. The zero-order valence-corrected chi connectivity index (χ0v) is 39.6. The summed E-state index contributed by atoms with van der Waals surface area (Å²) in [5.41, 5.74) is 16.3. The fourth-order valence-electron chi connectivity index (χ4n) is 10.9. The summed E-state index contributed by atoms with van der Waals surface area (Å²) < 4.78 is 21.0. The highest BCUT2D eigenvalue weighted by molar-refractivity contribution is 5.97. The van der Waals surface area contributed by atoms with Crippen LogP contribution in [0.3, 0.4) is 0 Å². The second-order valence-electron chi connectivity index (χ2n) is 20.2. The van der Waals surface area contributed by atoms with Crippen molar-refractivity contribution in [2.24, 2.45) is 5.92 Å². The van der Waals surface area contributed by atoms with Gasteiger partial charge >= 0.3 is 0 Å². The zero-order chi connectivity index (χ0) is 48.0. The number of phenols is 1. The molecular weight excluding hydrogens is 827 g/mol. The Morgan fingerprint density at radius 1 is 0.559 bits per heavy atom. The van der Waals surface area contributed by atoms with Gasteiger partial charge in [0.05, 0.1) is 28.0 Å². The van der Waals surface area contributed by atoms with Crippen LogP contribution in [0.25, 0.3) is 72.7 Å². The first kappa shape index (κ1) is 41.2. The Kier molecular flexibility index (Phi) is 11.2. The molecular formula is C64H61N3O. The summed E-state index contributed by atoms with van der Waals surface area (Å²) in [6, 6.07) is 61.4. The largest absolute Gasteiger partial charge is 0.507 e. The number of para-hydroxylation sites is 2. The van der Waals surface area contributed by atoms with Gasteiger partial charge in [-0.2, -0.15) is 0 Å². The van der Waals surface area contributed by atoms with E-state index in [9.17, 15) is 7.85 Å². The van der Waals surface area contributed by atoms with Crippen LogP contribution < -0.4 is 0 Å². The highest BCUT2D eigenvalue weighted by atomic mass is 16.3. The number of imidazole rings is 1. The summed E-state index contributed by atoms with van der Waals surface area (Å²) in [7, 11) is 0. The van der Waals surface area contributed by atoms with Crippen LogP contribution in [0.4, 0.5) is 0 Å². The van der Waals surface area contributed by atoms with Gasteiger partial charge in [0, 0.05) is 25.6 Å². The Balaban J connectivity index is 0.985. The van der Waals surface area contributed by atoms with Gasteiger partial charge in [-0.05, 0) is 154 Å². The third kappa shape index (κ3) is 8.81. The lowest BCUT2D eigenvalue weighted by Crippen LogP contribution is -2.12. The number of aromatic nitrogens is 3. The Morgan fingerprint density at radius 3 is 1.94 bits per heavy atom. The molecule has 2 saturated carbocycles. The average Bonchev–Trinajstić information content (AvgIpc) is 4.06. The molecule has 0 aliphatic heterocycles. The van der Waals surface area contributed by atoms with Crippen LogP contribution in [0, 0.1) is 5.92 Å². The lowest BCUT2D eigenvalue weighted by molar-refractivity contribution is 0.396. The maximum atomic E-state index is 11.5. The van der Waals surface area contributed by atoms with Crippen LogP contribution in [0.15, 0.2) is 182 Å². The van der Waals surface area contributed by atoms with Gasteiger partial charge in [0.25, 0.3) is 0 Å². The number of hydrogen-bond donors (Lipinski definition) is 1. The molecule has 9 aromatic rings. The summed E-state index contributed by atoms with van der Waals surface area (Å²) in [6.07, 6.45) is 10.9. The van der Waals surface area contributed by atoms with Gasteiger partial charge in [-0.25, -0.2) is 4.98 Å². The molecule has 0 bridgehead atoms. The van der Waals surface area contributed by atoms with E-state index < -0.39 is 11.8 Å². The minimum absolute atomic E-state index is 0.163. The summed E-state index contributed by atoms with van der Waals surface area (Å²) in [4.78, 5) is 10.5. The number of benzene rings is 7. The van der Waals surface area contributed by atoms with Crippen molar-refractivity contribution >= 4 is 11.0 Å². The smallest absolute Gasteiger partial charge is 0.149 e. The molecule has 0 spiro atoms. The Hall–Kier alpha value is -7.04. The molecule has 2 aliphatic rings. The number of rotatable bonds is 10. The summed E-state index contributed by atoms with van der Waals surface area (Å²) >= 11 is 0. The fraction of sp³-hybridized carbons (Fsp3) is 0.250. The zero-order valence-electron chi connectivity index (χ0n) is 41.6. The normalized spacial score (nSPS) is 19.2. The maximum Gasteiger partial charge on any atom is 0.149 e. The first-order chi connectivity index (χ1) is 33.9. The number of hydrogen-bond acceptors (Lipinski definition) is 3.